The molecule has 2 aliphatic heterocycles. The van der Waals surface area contributed by atoms with Crippen molar-refractivity contribution in [1.82, 2.24) is 0 Å². The Morgan fingerprint density at radius 2 is 1.54 bits per heavy atom. The van der Waals surface area contributed by atoms with Crippen LogP contribution >= 0.6 is 0 Å². The maximum Gasteiger partial charge on any atom is 0.673 e. The summed E-state index contributed by atoms with van der Waals surface area (Å²) in [6.07, 6.45) is 10.6. The molecular formula is C21H24BF4NO. The molecule has 0 radical (unpaired) electrons. The monoisotopic (exact) mass is 393 g/mol. The lowest BCUT2D eigenvalue weighted by atomic mass is 9.81. The molecule has 0 spiro atoms. The van der Waals surface area contributed by atoms with Crippen LogP contribution in [0.25, 0.3) is 0 Å². The van der Waals surface area contributed by atoms with Crippen molar-refractivity contribution in [3.63, 3.8) is 0 Å². The number of hydrogen-bond acceptors (Lipinski definition) is 1. The molecule has 2 aliphatic rings. The van der Waals surface area contributed by atoms with Crippen molar-refractivity contribution in [2.45, 2.75) is 33.1 Å². The van der Waals surface area contributed by atoms with Crippen molar-refractivity contribution in [2.75, 3.05) is 7.05 Å². The highest BCUT2D eigenvalue weighted by molar-refractivity contribution is 6.50. The third-order valence-electron chi connectivity index (χ3n) is 4.55. The van der Waals surface area contributed by atoms with Crippen LogP contribution in [0.2, 0.25) is 0 Å². The number of fused-ring (bicyclic) bond motifs is 1. The fourth-order valence-corrected chi connectivity index (χ4v) is 3.47. The van der Waals surface area contributed by atoms with Gasteiger partial charge >= 0.3 is 7.25 Å². The van der Waals surface area contributed by atoms with E-state index >= 15 is 0 Å². The molecule has 0 N–H and O–H groups in total. The van der Waals surface area contributed by atoms with E-state index in [1.165, 1.54) is 22.5 Å². The molecule has 7 heteroatoms. The molecule has 0 aromatic heterocycles. The largest absolute Gasteiger partial charge is 0.673 e. The number of halogens is 4. The zero-order valence-corrected chi connectivity index (χ0v) is 16.6. The normalized spacial score (nSPS) is 18.1. The van der Waals surface area contributed by atoms with Crippen LogP contribution in [-0.4, -0.2) is 24.6 Å². The molecular weight excluding hydrogens is 369 g/mol. The number of ether oxygens (including phenoxy) is 1. The first-order chi connectivity index (χ1) is 12.9. The Hall–Kier alpha value is -2.57. The smallest absolute Gasteiger partial charge is 0.467 e. The zero-order valence-electron chi connectivity index (χ0n) is 16.6. The van der Waals surface area contributed by atoms with E-state index in [1.807, 2.05) is 13.8 Å². The Balaban J connectivity index is 0.000000500. The predicted molar refractivity (Wildman–Crippen MR) is 106 cm³/mol. The lowest BCUT2D eigenvalue weighted by Gasteiger charge is -2.15. The number of nitrogens with zero attached hydrogens (tertiary/aromatic N) is 1. The second-order valence-electron chi connectivity index (χ2n) is 7.22. The van der Waals surface area contributed by atoms with Crippen LogP contribution in [-0.2, 0) is 10.2 Å². The number of allylic oxidation sites excluding steroid dienone is 8. The standard InChI is InChI=1S/C21H24NO.BF4/c1-15-13-17(14-16(2)23-15)9-8-12-20-21(3,4)18-10-6-7-11-19(18)22(20)5;2-1(3,4)5/h6-14H,1-5H3;/q+1;-1. The minimum Gasteiger partial charge on any atom is -0.467 e. The second kappa shape index (κ2) is 8.21. The van der Waals surface area contributed by atoms with E-state index < -0.39 is 7.25 Å². The van der Waals surface area contributed by atoms with Gasteiger partial charge in [-0.1, -0.05) is 30.4 Å². The van der Waals surface area contributed by atoms with Gasteiger partial charge in [-0.3, -0.25) is 0 Å². The summed E-state index contributed by atoms with van der Waals surface area (Å²) < 4.78 is 46.8. The van der Waals surface area contributed by atoms with Crippen molar-refractivity contribution < 1.29 is 26.6 Å². The molecule has 0 saturated heterocycles. The zero-order chi connectivity index (χ0) is 21.1. The lowest BCUT2D eigenvalue weighted by Crippen LogP contribution is -2.26. The van der Waals surface area contributed by atoms with Gasteiger partial charge in [-0.25, -0.2) is 0 Å². The first-order valence-corrected chi connectivity index (χ1v) is 8.90. The summed E-state index contributed by atoms with van der Waals surface area (Å²) in [7, 11) is -3.86. The van der Waals surface area contributed by atoms with Crippen molar-refractivity contribution in [3.8, 4) is 0 Å². The van der Waals surface area contributed by atoms with Gasteiger partial charge in [0.25, 0.3) is 0 Å². The Morgan fingerprint density at radius 3 is 2.07 bits per heavy atom. The van der Waals surface area contributed by atoms with Crippen molar-refractivity contribution >= 4 is 18.7 Å². The Kier molecular flexibility index (Phi) is 6.37. The van der Waals surface area contributed by atoms with E-state index in [-0.39, 0.29) is 5.41 Å². The summed E-state index contributed by atoms with van der Waals surface area (Å²) >= 11 is 0. The van der Waals surface area contributed by atoms with Crippen LogP contribution in [0, 0.1) is 0 Å². The van der Waals surface area contributed by atoms with Gasteiger partial charge in [-0.15, -0.1) is 0 Å². The fourth-order valence-electron chi connectivity index (χ4n) is 3.47. The van der Waals surface area contributed by atoms with E-state index in [1.54, 1.807) is 0 Å². The minimum absolute atomic E-state index is 0.0214. The van der Waals surface area contributed by atoms with Crippen LogP contribution in [0.4, 0.5) is 23.0 Å². The molecule has 0 atom stereocenters. The quantitative estimate of drug-likeness (QED) is 0.326. The van der Waals surface area contributed by atoms with E-state index in [0.717, 1.165) is 11.5 Å². The van der Waals surface area contributed by atoms with Gasteiger partial charge in [0.2, 0.25) is 5.69 Å². The van der Waals surface area contributed by atoms with E-state index in [9.17, 15) is 17.3 Å². The molecule has 0 bridgehead atoms. The van der Waals surface area contributed by atoms with Crippen molar-refractivity contribution in [2.24, 2.45) is 0 Å². The molecule has 0 fully saturated rings. The molecule has 1 aromatic rings. The Labute approximate surface area is 163 Å². The first kappa shape index (κ1) is 21.7. The maximum atomic E-state index is 9.75. The number of hydrogen-bond donors (Lipinski definition) is 0. The summed E-state index contributed by atoms with van der Waals surface area (Å²) in [4.78, 5) is 0. The van der Waals surface area contributed by atoms with Gasteiger partial charge < -0.3 is 22.0 Å². The van der Waals surface area contributed by atoms with E-state index in [2.05, 4.69) is 80.1 Å². The van der Waals surface area contributed by atoms with Crippen LogP contribution in [0.15, 0.2) is 71.7 Å². The van der Waals surface area contributed by atoms with Gasteiger partial charge in [0, 0.05) is 17.7 Å². The average Bonchev–Trinajstić information content (AvgIpc) is 2.74. The van der Waals surface area contributed by atoms with Crippen LogP contribution in [0.1, 0.15) is 33.3 Å². The highest BCUT2D eigenvalue weighted by atomic mass is 19.5. The highest BCUT2D eigenvalue weighted by Crippen LogP contribution is 2.38. The molecule has 0 amide bonds. The molecule has 150 valence electrons. The average molecular weight is 393 g/mol. The van der Waals surface area contributed by atoms with E-state index in [0.29, 0.717) is 0 Å². The number of rotatable bonds is 2. The third-order valence-corrected chi connectivity index (χ3v) is 4.55. The fraction of sp³-hybridized carbons (Fsp3) is 0.286. The topological polar surface area (TPSA) is 12.2 Å². The summed E-state index contributed by atoms with van der Waals surface area (Å²) in [6, 6.07) is 8.63. The van der Waals surface area contributed by atoms with E-state index in [4.69, 9.17) is 4.74 Å². The lowest BCUT2D eigenvalue weighted by molar-refractivity contribution is -0.401. The summed E-state index contributed by atoms with van der Waals surface area (Å²) in [5.74, 6) is 1.87. The van der Waals surface area contributed by atoms with Crippen molar-refractivity contribution in [1.29, 1.82) is 0 Å². The SMILES string of the molecule is CC1=CC(=CC=CC2=[N+](C)c3ccccc3C2(C)C)C=C(C)O1.F[B-](F)(F)F. The molecule has 28 heavy (non-hydrogen) atoms. The molecule has 0 aliphatic carbocycles. The molecule has 0 unspecified atom stereocenters. The summed E-state index contributed by atoms with van der Waals surface area (Å²) in [5, 5.41) is 0. The van der Waals surface area contributed by atoms with Gasteiger partial charge in [0.15, 0.2) is 5.71 Å². The van der Waals surface area contributed by atoms with Gasteiger partial charge in [-0.05, 0) is 45.4 Å². The second-order valence-corrected chi connectivity index (χ2v) is 7.22. The van der Waals surface area contributed by atoms with Crippen molar-refractivity contribution in [3.05, 3.63) is 77.3 Å². The maximum absolute atomic E-state index is 9.75. The number of benzene rings is 1. The highest BCUT2D eigenvalue weighted by Gasteiger charge is 2.42. The van der Waals surface area contributed by atoms with Crippen LogP contribution in [0.5, 0.6) is 0 Å². The van der Waals surface area contributed by atoms with Crippen LogP contribution in [0.3, 0.4) is 0 Å². The Bertz CT molecular complexity index is 879. The van der Waals surface area contributed by atoms with Gasteiger partial charge in [0.05, 0.1) is 5.41 Å². The third kappa shape index (κ3) is 5.47. The molecule has 1 aromatic carbocycles. The molecule has 2 heterocycles. The molecule has 3 rings (SSSR count). The predicted octanol–water partition coefficient (Wildman–Crippen LogP) is 6.31. The molecule has 2 nitrogen and oxygen atoms in total. The van der Waals surface area contributed by atoms with Gasteiger partial charge in [-0.2, -0.15) is 4.58 Å². The van der Waals surface area contributed by atoms with Crippen LogP contribution < -0.4 is 0 Å². The Morgan fingerprint density at radius 1 is 1.00 bits per heavy atom. The van der Waals surface area contributed by atoms with Gasteiger partial charge in [0.1, 0.15) is 18.6 Å². The first-order valence-electron chi connectivity index (χ1n) is 8.90. The summed E-state index contributed by atoms with van der Waals surface area (Å²) in [5.41, 5.74) is 5.17. The minimum atomic E-state index is -6.00. The number of para-hydroxylation sites is 1. The summed E-state index contributed by atoms with van der Waals surface area (Å²) in [6.45, 7) is 8.52. The molecule has 0 saturated carbocycles.